The highest BCUT2D eigenvalue weighted by atomic mass is 16.5. The van der Waals surface area contributed by atoms with Crippen molar-refractivity contribution in [2.75, 3.05) is 5.73 Å². The molecule has 2 aromatic heterocycles. The Hall–Kier alpha value is -1.78. The zero-order valence-corrected chi connectivity index (χ0v) is 5.61. The largest absolute Gasteiger partial charge is 0.396 e. The van der Waals surface area contributed by atoms with Crippen molar-refractivity contribution >= 4 is 5.69 Å². The lowest BCUT2D eigenvalue weighted by atomic mass is 10.2. The lowest BCUT2D eigenvalue weighted by molar-refractivity contribution is 0.420. The first-order chi connectivity index (χ1) is 5.38. The minimum absolute atomic E-state index is 0.591. The molecule has 0 aromatic carbocycles. The third-order valence-corrected chi connectivity index (χ3v) is 1.39. The molecule has 2 heterocycles. The minimum atomic E-state index is 0.591. The second kappa shape index (κ2) is 2.12. The van der Waals surface area contributed by atoms with Crippen LogP contribution in [-0.2, 0) is 0 Å². The quantitative estimate of drug-likeness (QED) is 0.625. The van der Waals surface area contributed by atoms with Gasteiger partial charge in [-0.25, -0.2) is 0 Å². The van der Waals surface area contributed by atoms with Crippen molar-refractivity contribution in [2.45, 2.75) is 0 Å². The van der Waals surface area contributed by atoms with E-state index in [1.165, 1.54) is 6.26 Å². The first-order valence-electron chi connectivity index (χ1n) is 3.06. The number of nitrogens with two attached hydrogens (primary N) is 1. The Bertz CT molecular complexity index is 337. The van der Waals surface area contributed by atoms with Gasteiger partial charge in [0.15, 0.2) is 0 Å². The van der Waals surface area contributed by atoms with E-state index in [-0.39, 0.29) is 0 Å². The van der Waals surface area contributed by atoms with E-state index in [2.05, 4.69) is 19.9 Å². The van der Waals surface area contributed by atoms with Gasteiger partial charge in [0.2, 0.25) is 0 Å². The predicted octanol–water partition coefficient (Wildman–Crippen LogP) is 0.647. The van der Waals surface area contributed by atoms with Crippen LogP contribution in [0.2, 0.25) is 0 Å². The normalized spacial score (nSPS) is 10.2. The summed E-state index contributed by atoms with van der Waals surface area (Å²) < 4.78 is 4.64. The molecule has 11 heavy (non-hydrogen) atoms. The Morgan fingerprint density at radius 2 is 2.36 bits per heavy atom. The molecule has 0 bridgehead atoms. The highest BCUT2D eigenvalue weighted by molar-refractivity contribution is 5.70. The van der Waals surface area contributed by atoms with Crippen LogP contribution in [0.15, 0.2) is 23.2 Å². The Labute approximate surface area is 62.2 Å². The molecule has 56 valence electrons. The van der Waals surface area contributed by atoms with Crippen LogP contribution in [0.1, 0.15) is 0 Å². The van der Waals surface area contributed by atoms with Gasteiger partial charge in [0.25, 0.3) is 0 Å². The van der Waals surface area contributed by atoms with Gasteiger partial charge in [0, 0.05) is 0 Å². The van der Waals surface area contributed by atoms with E-state index in [0.717, 1.165) is 11.3 Å². The maximum Gasteiger partial charge on any atom is 0.133 e. The molecule has 0 unspecified atom stereocenters. The third kappa shape index (κ3) is 0.861. The number of aromatic amines is 1. The van der Waals surface area contributed by atoms with Crippen molar-refractivity contribution in [1.29, 1.82) is 0 Å². The highest BCUT2D eigenvalue weighted by Crippen LogP contribution is 2.21. The van der Waals surface area contributed by atoms with E-state index in [0.29, 0.717) is 5.69 Å². The highest BCUT2D eigenvalue weighted by Gasteiger charge is 2.05. The standard InChI is InChI=1S/C6H6N4O/c7-5-2-8-10-6(5)4-1-9-11-3-4/h1-3H,7H2,(H,8,10). The summed E-state index contributed by atoms with van der Waals surface area (Å²) in [5.74, 6) is 0. The lowest BCUT2D eigenvalue weighted by Crippen LogP contribution is -1.84. The first-order valence-corrected chi connectivity index (χ1v) is 3.06. The fourth-order valence-corrected chi connectivity index (χ4v) is 0.855. The molecule has 0 aliphatic heterocycles. The molecule has 5 nitrogen and oxygen atoms in total. The molecule has 0 atom stereocenters. The number of H-pyrrole nitrogens is 1. The van der Waals surface area contributed by atoms with Crippen molar-refractivity contribution < 1.29 is 4.52 Å². The van der Waals surface area contributed by atoms with Gasteiger partial charge >= 0.3 is 0 Å². The number of rotatable bonds is 1. The maximum atomic E-state index is 5.57. The number of hydrogen-bond acceptors (Lipinski definition) is 4. The molecular weight excluding hydrogens is 144 g/mol. The van der Waals surface area contributed by atoms with Gasteiger partial charge in [0.1, 0.15) is 6.26 Å². The molecule has 0 radical (unpaired) electrons. The smallest absolute Gasteiger partial charge is 0.133 e. The van der Waals surface area contributed by atoms with Gasteiger partial charge in [-0.15, -0.1) is 0 Å². The van der Waals surface area contributed by atoms with E-state index in [4.69, 9.17) is 5.73 Å². The van der Waals surface area contributed by atoms with Crippen LogP contribution in [0, 0.1) is 0 Å². The molecule has 2 rings (SSSR count). The number of nitrogens with one attached hydrogen (secondary N) is 1. The molecule has 0 saturated carbocycles. The van der Waals surface area contributed by atoms with Crippen molar-refractivity contribution in [3.8, 4) is 11.3 Å². The number of aromatic nitrogens is 3. The van der Waals surface area contributed by atoms with Crippen LogP contribution in [0.4, 0.5) is 5.69 Å². The molecule has 0 spiro atoms. The van der Waals surface area contributed by atoms with Crippen molar-refractivity contribution in [1.82, 2.24) is 15.4 Å². The zero-order chi connectivity index (χ0) is 7.68. The van der Waals surface area contributed by atoms with Gasteiger partial charge in [-0.05, 0) is 0 Å². The molecule has 0 saturated heterocycles. The molecule has 2 aromatic rings. The lowest BCUT2D eigenvalue weighted by Gasteiger charge is -1.89. The van der Waals surface area contributed by atoms with E-state index in [1.54, 1.807) is 12.4 Å². The second-order valence-electron chi connectivity index (χ2n) is 2.11. The Kier molecular flexibility index (Phi) is 1.15. The van der Waals surface area contributed by atoms with Gasteiger partial charge in [-0.2, -0.15) is 5.10 Å². The van der Waals surface area contributed by atoms with Crippen LogP contribution in [0.5, 0.6) is 0 Å². The van der Waals surface area contributed by atoms with Crippen LogP contribution >= 0.6 is 0 Å². The summed E-state index contributed by atoms with van der Waals surface area (Å²) in [6.45, 7) is 0. The molecule has 0 fully saturated rings. The van der Waals surface area contributed by atoms with E-state index in [1.807, 2.05) is 0 Å². The number of nitrogens with zero attached hydrogens (tertiary/aromatic N) is 2. The zero-order valence-electron chi connectivity index (χ0n) is 5.61. The Balaban J connectivity index is 2.53. The molecule has 5 heteroatoms. The van der Waals surface area contributed by atoms with Crippen LogP contribution in [-0.4, -0.2) is 15.4 Å². The second-order valence-corrected chi connectivity index (χ2v) is 2.11. The van der Waals surface area contributed by atoms with Crippen molar-refractivity contribution in [3.63, 3.8) is 0 Å². The maximum absolute atomic E-state index is 5.57. The fourth-order valence-electron chi connectivity index (χ4n) is 0.855. The van der Waals surface area contributed by atoms with E-state index >= 15 is 0 Å². The van der Waals surface area contributed by atoms with E-state index in [9.17, 15) is 0 Å². The van der Waals surface area contributed by atoms with Gasteiger partial charge < -0.3 is 10.3 Å². The van der Waals surface area contributed by atoms with Crippen LogP contribution < -0.4 is 5.73 Å². The molecule has 0 aliphatic carbocycles. The fraction of sp³-hybridized carbons (Fsp3) is 0. The molecular formula is C6H6N4O. The van der Waals surface area contributed by atoms with Crippen molar-refractivity contribution in [3.05, 3.63) is 18.7 Å². The first kappa shape index (κ1) is 5.96. The summed E-state index contributed by atoms with van der Waals surface area (Å²) in [5.41, 5.74) is 7.71. The average molecular weight is 150 g/mol. The predicted molar refractivity (Wildman–Crippen MR) is 38.5 cm³/mol. The SMILES string of the molecule is Nc1cn[nH]c1-c1cnoc1. The number of hydrogen-bond donors (Lipinski definition) is 2. The summed E-state index contributed by atoms with van der Waals surface area (Å²) >= 11 is 0. The summed E-state index contributed by atoms with van der Waals surface area (Å²) in [6.07, 6.45) is 4.62. The van der Waals surface area contributed by atoms with Gasteiger partial charge in [0.05, 0.1) is 29.3 Å². The third-order valence-electron chi connectivity index (χ3n) is 1.39. The monoisotopic (exact) mass is 150 g/mol. The number of nitrogen functional groups attached to an aromatic ring is 1. The summed E-state index contributed by atoms with van der Waals surface area (Å²) in [6, 6.07) is 0. The molecule has 3 N–H and O–H groups in total. The molecule has 0 amide bonds. The minimum Gasteiger partial charge on any atom is -0.396 e. The number of anilines is 1. The van der Waals surface area contributed by atoms with E-state index < -0.39 is 0 Å². The topological polar surface area (TPSA) is 80.7 Å². The Morgan fingerprint density at radius 3 is 2.91 bits per heavy atom. The summed E-state index contributed by atoms with van der Waals surface area (Å²) in [4.78, 5) is 0. The Morgan fingerprint density at radius 1 is 1.45 bits per heavy atom. The van der Waals surface area contributed by atoms with Crippen LogP contribution in [0.25, 0.3) is 11.3 Å². The summed E-state index contributed by atoms with van der Waals surface area (Å²) in [5, 5.41) is 10.0. The van der Waals surface area contributed by atoms with Gasteiger partial charge in [-0.1, -0.05) is 5.16 Å². The van der Waals surface area contributed by atoms with Crippen LogP contribution in [0.3, 0.4) is 0 Å². The summed E-state index contributed by atoms with van der Waals surface area (Å²) in [7, 11) is 0. The molecule has 0 aliphatic rings. The van der Waals surface area contributed by atoms with Crippen molar-refractivity contribution in [2.24, 2.45) is 0 Å². The average Bonchev–Trinajstić information content (AvgIpc) is 2.55. The van der Waals surface area contributed by atoms with Gasteiger partial charge in [-0.3, -0.25) is 5.10 Å².